The zero-order valence-electron chi connectivity index (χ0n) is 11.3. The van der Waals surface area contributed by atoms with Gasteiger partial charge in [-0.25, -0.2) is 4.98 Å². The molecule has 2 rings (SSSR count). The lowest BCUT2D eigenvalue weighted by atomic mass is 10.1. The zero-order chi connectivity index (χ0) is 14.5. The molecule has 0 aliphatic carbocycles. The molecule has 20 heavy (non-hydrogen) atoms. The molecular formula is C15H15ClN2O2. The predicted octanol–water partition coefficient (Wildman–Crippen LogP) is 3.23. The van der Waals surface area contributed by atoms with Crippen LogP contribution in [-0.2, 0) is 0 Å². The fourth-order valence-corrected chi connectivity index (χ4v) is 2.01. The van der Waals surface area contributed by atoms with E-state index in [4.69, 9.17) is 16.3 Å². The molecule has 0 radical (unpaired) electrons. The molecule has 0 saturated carbocycles. The van der Waals surface area contributed by atoms with E-state index in [-0.39, 0.29) is 17.1 Å². The molecule has 0 aliphatic rings. The molecule has 1 amide bonds. The third-order valence-corrected chi connectivity index (χ3v) is 3.27. The molecule has 0 bridgehead atoms. The molecule has 4 nitrogen and oxygen atoms in total. The number of rotatable bonds is 4. The first-order chi connectivity index (χ1) is 9.61. The fourth-order valence-electron chi connectivity index (χ4n) is 1.81. The lowest BCUT2D eigenvalue weighted by Crippen LogP contribution is -2.27. The minimum atomic E-state index is -0.244. The van der Waals surface area contributed by atoms with E-state index in [1.54, 1.807) is 25.4 Å². The number of methoxy groups -OCH3 is 1. The highest BCUT2D eigenvalue weighted by Crippen LogP contribution is 2.18. The van der Waals surface area contributed by atoms with Crippen molar-refractivity contribution >= 4 is 17.5 Å². The summed E-state index contributed by atoms with van der Waals surface area (Å²) in [6.07, 6.45) is 1.55. The zero-order valence-corrected chi connectivity index (χ0v) is 12.0. The molecule has 1 aromatic heterocycles. The van der Waals surface area contributed by atoms with E-state index in [1.165, 1.54) is 0 Å². The lowest BCUT2D eigenvalue weighted by molar-refractivity contribution is 0.0939. The summed E-state index contributed by atoms with van der Waals surface area (Å²) in [6, 6.07) is 10.7. The van der Waals surface area contributed by atoms with Gasteiger partial charge in [-0.1, -0.05) is 23.7 Å². The van der Waals surface area contributed by atoms with E-state index < -0.39 is 0 Å². The Kier molecular flexibility index (Phi) is 4.58. The van der Waals surface area contributed by atoms with Crippen LogP contribution in [0.4, 0.5) is 0 Å². The van der Waals surface area contributed by atoms with Crippen LogP contribution in [0.3, 0.4) is 0 Å². The number of carbonyl (C=O) groups is 1. The van der Waals surface area contributed by atoms with Gasteiger partial charge in [0.2, 0.25) is 0 Å². The second kappa shape index (κ2) is 6.39. The van der Waals surface area contributed by atoms with Crippen LogP contribution >= 0.6 is 11.6 Å². The number of amides is 1. The molecule has 1 N–H and O–H groups in total. The molecule has 1 atom stereocenters. The maximum absolute atomic E-state index is 12.1. The van der Waals surface area contributed by atoms with E-state index in [2.05, 4.69) is 10.3 Å². The van der Waals surface area contributed by atoms with Crippen molar-refractivity contribution in [3.63, 3.8) is 0 Å². The average Bonchev–Trinajstić information content (AvgIpc) is 2.47. The summed E-state index contributed by atoms with van der Waals surface area (Å²) in [5.41, 5.74) is 1.36. The number of benzene rings is 1. The number of nitrogens with zero attached hydrogens (tertiary/aromatic N) is 1. The van der Waals surface area contributed by atoms with Crippen LogP contribution in [0.15, 0.2) is 42.6 Å². The highest BCUT2D eigenvalue weighted by Gasteiger charge is 2.14. The van der Waals surface area contributed by atoms with E-state index in [0.717, 1.165) is 11.3 Å². The Hall–Kier alpha value is -2.07. The number of pyridine rings is 1. The Labute approximate surface area is 122 Å². The third kappa shape index (κ3) is 3.27. The monoisotopic (exact) mass is 290 g/mol. The quantitative estimate of drug-likeness (QED) is 0.880. The van der Waals surface area contributed by atoms with Crippen LogP contribution in [0.2, 0.25) is 5.15 Å². The van der Waals surface area contributed by atoms with Gasteiger partial charge in [-0.2, -0.15) is 0 Å². The minimum absolute atomic E-state index is 0.135. The molecule has 0 saturated heterocycles. The first kappa shape index (κ1) is 14.3. The van der Waals surface area contributed by atoms with Gasteiger partial charge in [-0.3, -0.25) is 4.79 Å². The van der Waals surface area contributed by atoms with E-state index in [0.29, 0.717) is 5.56 Å². The second-order valence-electron chi connectivity index (χ2n) is 4.31. The number of hydrogen-bond donors (Lipinski definition) is 1. The minimum Gasteiger partial charge on any atom is -0.497 e. The number of carbonyl (C=O) groups excluding carboxylic acids is 1. The van der Waals surface area contributed by atoms with E-state index in [1.807, 2.05) is 31.2 Å². The first-order valence-electron chi connectivity index (χ1n) is 6.17. The number of aromatic nitrogens is 1. The number of ether oxygens (including phenoxy) is 1. The van der Waals surface area contributed by atoms with Crippen LogP contribution in [0.5, 0.6) is 5.75 Å². The molecule has 1 aromatic carbocycles. The van der Waals surface area contributed by atoms with E-state index in [9.17, 15) is 4.79 Å². The summed E-state index contributed by atoms with van der Waals surface area (Å²) in [6.45, 7) is 1.91. The highest BCUT2D eigenvalue weighted by molar-refractivity contribution is 6.32. The molecule has 104 valence electrons. The number of nitrogens with one attached hydrogen (secondary N) is 1. The van der Waals surface area contributed by atoms with Crippen molar-refractivity contribution in [1.82, 2.24) is 10.3 Å². The summed E-state index contributed by atoms with van der Waals surface area (Å²) in [4.78, 5) is 16.0. The standard InChI is InChI=1S/C15H15ClN2O2/c1-10(11-5-7-12(20-2)8-6-11)18-15(19)13-4-3-9-17-14(13)16/h3-10H,1-2H3,(H,18,19)/t10-/m1/s1. The van der Waals surface area contributed by atoms with Crippen LogP contribution in [0.1, 0.15) is 28.9 Å². The summed E-state index contributed by atoms with van der Waals surface area (Å²) in [5.74, 6) is 0.536. The Morgan fingerprint density at radius 3 is 2.60 bits per heavy atom. The van der Waals surface area contributed by atoms with Gasteiger partial charge in [0.15, 0.2) is 0 Å². The molecule has 0 aliphatic heterocycles. The van der Waals surface area contributed by atoms with Gasteiger partial charge in [-0.05, 0) is 36.8 Å². The molecule has 0 fully saturated rings. The molecule has 5 heteroatoms. The van der Waals surface area contributed by atoms with Crippen molar-refractivity contribution in [2.45, 2.75) is 13.0 Å². The average molecular weight is 291 g/mol. The van der Waals surface area contributed by atoms with Crippen molar-refractivity contribution in [3.05, 3.63) is 58.9 Å². The van der Waals surface area contributed by atoms with Gasteiger partial charge < -0.3 is 10.1 Å². The van der Waals surface area contributed by atoms with Gasteiger partial charge in [0, 0.05) is 6.20 Å². The van der Waals surface area contributed by atoms with Gasteiger partial charge >= 0.3 is 0 Å². The molecule has 0 spiro atoms. The van der Waals surface area contributed by atoms with Gasteiger partial charge in [0.05, 0.1) is 18.7 Å². The van der Waals surface area contributed by atoms with Crippen LogP contribution < -0.4 is 10.1 Å². The maximum atomic E-state index is 12.1. The Morgan fingerprint density at radius 2 is 2.00 bits per heavy atom. The van der Waals surface area contributed by atoms with Gasteiger partial charge in [0.1, 0.15) is 10.9 Å². The maximum Gasteiger partial charge on any atom is 0.254 e. The first-order valence-corrected chi connectivity index (χ1v) is 6.55. The topological polar surface area (TPSA) is 51.2 Å². The Morgan fingerprint density at radius 1 is 1.30 bits per heavy atom. The second-order valence-corrected chi connectivity index (χ2v) is 4.67. The number of halogens is 1. The van der Waals surface area contributed by atoms with Gasteiger partial charge in [0.25, 0.3) is 5.91 Å². The molecular weight excluding hydrogens is 276 g/mol. The summed E-state index contributed by atoms with van der Waals surface area (Å²) in [7, 11) is 1.62. The normalized spacial score (nSPS) is 11.8. The van der Waals surface area contributed by atoms with Crippen LogP contribution in [0.25, 0.3) is 0 Å². The van der Waals surface area contributed by atoms with Crippen molar-refractivity contribution in [3.8, 4) is 5.75 Å². The van der Waals surface area contributed by atoms with Gasteiger partial charge in [-0.15, -0.1) is 0 Å². The predicted molar refractivity (Wildman–Crippen MR) is 78.1 cm³/mol. The molecule has 0 unspecified atom stereocenters. The Bertz CT molecular complexity index is 599. The van der Waals surface area contributed by atoms with Crippen LogP contribution in [-0.4, -0.2) is 18.0 Å². The summed E-state index contributed by atoms with van der Waals surface area (Å²) >= 11 is 5.90. The Balaban J connectivity index is 2.09. The van der Waals surface area contributed by atoms with Crippen LogP contribution in [0, 0.1) is 0 Å². The molecule has 1 heterocycles. The third-order valence-electron chi connectivity index (χ3n) is 2.97. The van der Waals surface area contributed by atoms with Crippen molar-refractivity contribution in [2.75, 3.05) is 7.11 Å². The highest BCUT2D eigenvalue weighted by atomic mass is 35.5. The molecule has 2 aromatic rings. The smallest absolute Gasteiger partial charge is 0.254 e. The fraction of sp³-hybridized carbons (Fsp3) is 0.200. The van der Waals surface area contributed by atoms with Crippen molar-refractivity contribution in [1.29, 1.82) is 0 Å². The van der Waals surface area contributed by atoms with Crippen molar-refractivity contribution < 1.29 is 9.53 Å². The largest absolute Gasteiger partial charge is 0.497 e. The SMILES string of the molecule is COc1ccc([C@@H](C)NC(=O)c2cccnc2Cl)cc1. The summed E-state index contributed by atoms with van der Waals surface area (Å²) in [5, 5.41) is 3.09. The summed E-state index contributed by atoms with van der Waals surface area (Å²) < 4.78 is 5.10. The van der Waals surface area contributed by atoms with Crippen molar-refractivity contribution in [2.24, 2.45) is 0 Å². The lowest BCUT2D eigenvalue weighted by Gasteiger charge is -2.15. The number of hydrogen-bond acceptors (Lipinski definition) is 3. The van der Waals surface area contributed by atoms with E-state index >= 15 is 0 Å².